The van der Waals surface area contributed by atoms with E-state index >= 15 is 0 Å². The smallest absolute Gasteiger partial charge is 0.243 e. The lowest BCUT2D eigenvalue weighted by Crippen LogP contribution is -2.28. The van der Waals surface area contributed by atoms with Gasteiger partial charge in [0.15, 0.2) is 0 Å². The van der Waals surface area contributed by atoms with Crippen LogP contribution in [0, 0.1) is 6.92 Å². The Bertz CT molecular complexity index is 1320. The number of sulfonamides is 2. The second-order valence-corrected chi connectivity index (χ2v) is 11.6. The van der Waals surface area contributed by atoms with Gasteiger partial charge < -0.3 is 5.32 Å². The molecule has 2 N–H and O–H groups in total. The highest BCUT2D eigenvalue weighted by Gasteiger charge is 2.21. The summed E-state index contributed by atoms with van der Waals surface area (Å²) in [5.74, 6) is -0.400. The molecule has 0 aliphatic heterocycles. The molecule has 34 heavy (non-hydrogen) atoms. The van der Waals surface area contributed by atoms with Gasteiger partial charge in [-0.2, -0.15) is 4.31 Å². The lowest BCUT2D eigenvalue weighted by molar-refractivity contribution is -0.116. The molecule has 1 amide bonds. The van der Waals surface area contributed by atoms with Crippen molar-refractivity contribution in [1.29, 1.82) is 0 Å². The summed E-state index contributed by atoms with van der Waals surface area (Å²) in [7, 11) is -5.89. The minimum atomic E-state index is -3.70. The maximum atomic E-state index is 12.8. The fourth-order valence-electron chi connectivity index (χ4n) is 3.14. The van der Waals surface area contributed by atoms with Gasteiger partial charge in [0.25, 0.3) is 0 Å². The van der Waals surface area contributed by atoms with Gasteiger partial charge in [-0.3, -0.25) is 4.79 Å². The Balaban J connectivity index is 1.53. The highest BCUT2D eigenvalue weighted by atomic mass is 32.2. The Morgan fingerprint density at radius 3 is 2.03 bits per heavy atom. The van der Waals surface area contributed by atoms with Crippen molar-refractivity contribution in [3.63, 3.8) is 0 Å². The van der Waals surface area contributed by atoms with Crippen LogP contribution in [0.25, 0.3) is 0 Å². The summed E-state index contributed by atoms with van der Waals surface area (Å²) in [4.78, 5) is 12.4. The molecule has 3 aromatic carbocycles. The zero-order chi connectivity index (χ0) is 24.8. The molecule has 8 nitrogen and oxygen atoms in total. The first kappa shape index (κ1) is 25.6. The van der Waals surface area contributed by atoms with Crippen molar-refractivity contribution in [3.8, 4) is 0 Å². The van der Waals surface area contributed by atoms with Gasteiger partial charge in [0.05, 0.1) is 9.79 Å². The van der Waals surface area contributed by atoms with E-state index in [2.05, 4.69) is 10.0 Å². The van der Waals surface area contributed by atoms with Crippen molar-refractivity contribution in [2.75, 3.05) is 18.9 Å². The van der Waals surface area contributed by atoms with E-state index < -0.39 is 26.0 Å². The standard InChI is InChI=1S/C24H27N3O5S2/c1-19-8-12-22(13-9-19)33(29,30)25-17-16-24(28)26-21-10-14-23(15-11-21)34(31,32)27(2)18-20-6-4-3-5-7-20/h3-15,25H,16-18H2,1-2H3,(H,26,28). The van der Waals surface area contributed by atoms with Crippen LogP contribution >= 0.6 is 0 Å². The highest BCUT2D eigenvalue weighted by Crippen LogP contribution is 2.19. The summed E-state index contributed by atoms with van der Waals surface area (Å²) >= 11 is 0. The number of nitrogens with one attached hydrogen (secondary N) is 2. The summed E-state index contributed by atoms with van der Waals surface area (Å²) in [5.41, 5.74) is 2.23. The van der Waals surface area contributed by atoms with Crippen LogP contribution in [0.15, 0.2) is 88.7 Å². The summed E-state index contributed by atoms with van der Waals surface area (Å²) in [6.45, 7) is 2.03. The third kappa shape index (κ3) is 6.73. The molecule has 10 heteroatoms. The third-order valence-electron chi connectivity index (χ3n) is 5.07. The molecule has 3 aromatic rings. The quantitative estimate of drug-likeness (QED) is 0.443. The Kier molecular flexibility index (Phi) is 8.21. The number of aryl methyl sites for hydroxylation is 1. The number of anilines is 1. The Morgan fingerprint density at radius 1 is 0.824 bits per heavy atom. The fraction of sp³-hybridized carbons (Fsp3) is 0.208. The number of hydrogen-bond acceptors (Lipinski definition) is 5. The van der Waals surface area contributed by atoms with Gasteiger partial charge in [0, 0.05) is 32.2 Å². The van der Waals surface area contributed by atoms with E-state index in [-0.39, 0.29) is 29.3 Å². The number of carbonyl (C=O) groups is 1. The summed E-state index contributed by atoms with van der Waals surface area (Å²) in [6.07, 6.45) is -0.0784. The predicted octanol–water partition coefficient (Wildman–Crippen LogP) is 3.12. The van der Waals surface area contributed by atoms with Crippen LogP contribution in [0.4, 0.5) is 5.69 Å². The molecule has 3 rings (SSSR count). The van der Waals surface area contributed by atoms with Gasteiger partial charge in [0.1, 0.15) is 0 Å². The van der Waals surface area contributed by atoms with Crippen LogP contribution in [0.3, 0.4) is 0 Å². The van der Waals surface area contributed by atoms with Gasteiger partial charge in [-0.15, -0.1) is 0 Å². The number of carbonyl (C=O) groups excluding carboxylic acids is 1. The summed E-state index contributed by atoms with van der Waals surface area (Å²) < 4.78 is 53.9. The molecule has 0 saturated carbocycles. The van der Waals surface area contributed by atoms with Crippen LogP contribution in [0.2, 0.25) is 0 Å². The summed E-state index contributed by atoms with van der Waals surface area (Å²) in [6, 6.07) is 21.5. The van der Waals surface area contributed by atoms with Crippen molar-refractivity contribution >= 4 is 31.6 Å². The number of hydrogen-bond donors (Lipinski definition) is 2. The van der Waals surface area contributed by atoms with Gasteiger partial charge in [-0.05, 0) is 48.9 Å². The van der Waals surface area contributed by atoms with Gasteiger partial charge >= 0.3 is 0 Å². The molecule has 0 bridgehead atoms. The Labute approximate surface area is 200 Å². The first-order valence-electron chi connectivity index (χ1n) is 10.5. The molecule has 0 saturated heterocycles. The number of rotatable bonds is 10. The Hall–Kier alpha value is -3.05. The molecule has 0 unspecified atom stereocenters. The lowest BCUT2D eigenvalue weighted by atomic mass is 10.2. The zero-order valence-electron chi connectivity index (χ0n) is 18.9. The molecule has 0 spiro atoms. The van der Waals surface area contributed by atoms with Crippen molar-refractivity contribution < 1.29 is 21.6 Å². The van der Waals surface area contributed by atoms with E-state index in [1.165, 1.54) is 47.8 Å². The van der Waals surface area contributed by atoms with E-state index in [9.17, 15) is 21.6 Å². The molecule has 0 aromatic heterocycles. The van der Waals surface area contributed by atoms with Crippen LogP contribution in [0.1, 0.15) is 17.5 Å². The number of benzene rings is 3. The van der Waals surface area contributed by atoms with Gasteiger partial charge in [-0.1, -0.05) is 48.0 Å². The van der Waals surface area contributed by atoms with E-state index in [1.807, 2.05) is 37.3 Å². The number of nitrogens with zero attached hydrogens (tertiary/aromatic N) is 1. The molecule has 180 valence electrons. The molecule has 0 atom stereocenters. The van der Waals surface area contributed by atoms with Crippen molar-refractivity contribution in [3.05, 3.63) is 90.0 Å². The Morgan fingerprint density at radius 2 is 1.41 bits per heavy atom. The van der Waals surface area contributed by atoms with E-state index in [0.717, 1.165) is 11.1 Å². The largest absolute Gasteiger partial charge is 0.326 e. The van der Waals surface area contributed by atoms with E-state index in [1.54, 1.807) is 12.1 Å². The van der Waals surface area contributed by atoms with E-state index in [0.29, 0.717) is 5.69 Å². The molecular weight excluding hydrogens is 474 g/mol. The topological polar surface area (TPSA) is 113 Å². The van der Waals surface area contributed by atoms with Crippen molar-refractivity contribution in [2.24, 2.45) is 0 Å². The molecule has 0 aliphatic rings. The second kappa shape index (κ2) is 10.9. The maximum absolute atomic E-state index is 12.8. The molecule has 0 fully saturated rings. The first-order chi connectivity index (χ1) is 16.1. The van der Waals surface area contributed by atoms with E-state index in [4.69, 9.17) is 0 Å². The lowest BCUT2D eigenvalue weighted by Gasteiger charge is -2.17. The average Bonchev–Trinajstić information content (AvgIpc) is 2.80. The van der Waals surface area contributed by atoms with Crippen LogP contribution in [-0.4, -0.2) is 40.6 Å². The monoisotopic (exact) mass is 501 g/mol. The average molecular weight is 502 g/mol. The highest BCUT2D eigenvalue weighted by molar-refractivity contribution is 7.89. The van der Waals surface area contributed by atoms with Crippen molar-refractivity contribution in [2.45, 2.75) is 29.7 Å². The van der Waals surface area contributed by atoms with Gasteiger partial charge in [-0.25, -0.2) is 21.6 Å². The minimum Gasteiger partial charge on any atom is -0.326 e. The maximum Gasteiger partial charge on any atom is 0.243 e. The SMILES string of the molecule is Cc1ccc(S(=O)(=O)NCCC(=O)Nc2ccc(S(=O)(=O)N(C)Cc3ccccc3)cc2)cc1. The molecular formula is C24H27N3O5S2. The molecule has 0 aliphatic carbocycles. The van der Waals surface area contributed by atoms with Gasteiger partial charge in [0.2, 0.25) is 26.0 Å². The first-order valence-corrected chi connectivity index (χ1v) is 13.5. The second-order valence-electron chi connectivity index (χ2n) is 7.78. The number of amides is 1. The van der Waals surface area contributed by atoms with Crippen LogP contribution in [0.5, 0.6) is 0 Å². The van der Waals surface area contributed by atoms with Crippen molar-refractivity contribution in [1.82, 2.24) is 9.03 Å². The normalized spacial score (nSPS) is 12.0. The molecule has 0 heterocycles. The fourth-order valence-corrected chi connectivity index (χ4v) is 5.33. The minimum absolute atomic E-state index is 0.0706. The molecule has 0 radical (unpaired) electrons. The third-order valence-corrected chi connectivity index (χ3v) is 8.36. The zero-order valence-corrected chi connectivity index (χ0v) is 20.6. The predicted molar refractivity (Wildman–Crippen MR) is 131 cm³/mol. The summed E-state index contributed by atoms with van der Waals surface area (Å²) in [5, 5.41) is 2.64. The van der Waals surface area contributed by atoms with Crippen LogP contribution < -0.4 is 10.0 Å². The van der Waals surface area contributed by atoms with Crippen LogP contribution in [-0.2, 0) is 31.4 Å².